The maximum absolute atomic E-state index is 9.63. The summed E-state index contributed by atoms with van der Waals surface area (Å²) in [7, 11) is 0. The third-order valence-corrected chi connectivity index (χ3v) is 3.15. The third-order valence-electron chi connectivity index (χ3n) is 2.20. The van der Waals surface area contributed by atoms with Crippen LogP contribution < -0.4 is 5.73 Å². The molecule has 0 saturated heterocycles. The van der Waals surface area contributed by atoms with E-state index in [4.69, 9.17) is 10.8 Å². The van der Waals surface area contributed by atoms with Crippen LogP contribution >= 0.6 is 23.7 Å². The molecule has 0 amide bonds. The molecule has 0 unspecified atom stereocenters. The molecule has 5 heteroatoms. The fraction of sp³-hybridized carbons (Fsp3) is 0.0909. The van der Waals surface area contributed by atoms with Crippen LogP contribution in [-0.2, 0) is 0 Å². The molecule has 0 aliphatic carbocycles. The Morgan fingerprint density at radius 3 is 2.50 bits per heavy atom. The Hall–Kier alpha value is -1.23. The van der Waals surface area contributed by atoms with Crippen LogP contribution in [-0.4, -0.2) is 10.2 Å². The fourth-order valence-electron chi connectivity index (χ4n) is 1.42. The number of rotatable bonds is 2. The molecule has 1 atom stereocenters. The van der Waals surface area contributed by atoms with E-state index in [0.717, 1.165) is 4.88 Å². The molecule has 1 heterocycles. The number of benzene rings is 1. The summed E-state index contributed by atoms with van der Waals surface area (Å²) < 4.78 is 0. The summed E-state index contributed by atoms with van der Waals surface area (Å²) in [6.45, 7) is 0. The van der Waals surface area contributed by atoms with Crippen LogP contribution in [0.3, 0.4) is 0 Å². The SMILES string of the molecule is Cl.N[C@H](c1cccs1)c1ccc(O)cc1O. The summed E-state index contributed by atoms with van der Waals surface area (Å²) in [6.07, 6.45) is 0. The summed E-state index contributed by atoms with van der Waals surface area (Å²) in [4.78, 5) is 0.982. The number of phenolic OH excluding ortho intramolecular Hbond substituents is 2. The molecule has 0 bridgehead atoms. The Labute approximate surface area is 104 Å². The monoisotopic (exact) mass is 257 g/mol. The number of nitrogens with two attached hydrogens (primary N) is 1. The zero-order chi connectivity index (χ0) is 10.8. The van der Waals surface area contributed by atoms with Crippen molar-refractivity contribution in [3.05, 3.63) is 46.2 Å². The van der Waals surface area contributed by atoms with Crippen molar-refractivity contribution < 1.29 is 10.2 Å². The van der Waals surface area contributed by atoms with E-state index in [0.29, 0.717) is 5.56 Å². The number of hydrogen-bond donors (Lipinski definition) is 3. The van der Waals surface area contributed by atoms with Gasteiger partial charge < -0.3 is 15.9 Å². The molecule has 0 radical (unpaired) electrons. The molecule has 4 N–H and O–H groups in total. The summed E-state index contributed by atoms with van der Waals surface area (Å²) in [5, 5.41) is 20.7. The Morgan fingerprint density at radius 1 is 1.19 bits per heavy atom. The molecule has 0 aliphatic rings. The van der Waals surface area contributed by atoms with Crippen LogP contribution in [0, 0.1) is 0 Å². The van der Waals surface area contributed by atoms with Crippen LogP contribution in [0.2, 0.25) is 0 Å². The van der Waals surface area contributed by atoms with Gasteiger partial charge in [0.25, 0.3) is 0 Å². The van der Waals surface area contributed by atoms with Gasteiger partial charge in [0.15, 0.2) is 0 Å². The maximum Gasteiger partial charge on any atom is 0.124 e. The minimum absolute atomic E-state index is 0. The lowest BCUT2D eigenvalue weighted by molar-refractivity contribution is 0.444. The molecular weight excluding hydrogens is 246 g/mol. The Balaban J connectivity index is 0.00000128. The van der Waals surface area contributed by atoms with Gasteiger partial charge in [0.2, 0.25) is 0 Å². The smallest absolute Gasteiger partial charge is 0.124 e. The van der Waals surface area contributed by atoms with Gasteiger partial charge in [0.05, 0.1) is 6.04 Å². The largest absolute Gasteiger partial charge is 0.508 e. The van der Waals surface area contributed by atoms with E-state index in [1.54, 1.807) is 17.4 Å². The number of phenols is 2. The summed E-state index contributed by atoms with van der Waals surface area (Å²) in [5.74, 6) is 0.0607. The van der Waals surface area contributed by atoms with Gasteiger partial charge in [-0.1, -0.05) is 6.07 Å². The summed E-state index contributed by atoms with van der Waals surface area (Å²) in [5.41, 5.74) is 6.60. The highest BCUT2D eigenvalue weighted by Crippen LogP contribution is 2.31. The standard InChI is InChI=1S/C11H11NO2S.ClH/c12-11(10-2-1-5-15-10)8-4-3-7(13)6-9(8)14;/h1-6,11,13-14H,12H2;1H/t11-;/m0./s1. The zero-order valence-electron chi connectivity index (χ0n) is 8.33. The maximum atomic E-state index is 9.63. The molecule has 2 rings (SSSR count). The molecule has 1 aromatic heterocycles. The topological polar surface area (TPSA) is 66.5 Å². The van der Waals surface area contributed by atoms with Crippen LogP contribution in [0.15, 0.2) is 35.7 Å². The first-order chi connectivity index (χ1) is 7.18. The molecule has 2 aromatic rings. The van der Waals surface area contributed by atoms with Crippen LogP contribution in [0.4, 0.5) is 0 Å². The normalized spacial score (nSPS) is 11.8. The zero-order valence-corrected chi connectivity index (χ0v) is 9.96. The molecule has 16 heavy (non-hydrogen) atoms. The summed E-state index contributed by atoms with van der Waals surface area (Å²) in [6, 6.07) is 7.94. The van der Waals surface area contributed by atoms with E-state index in [-0.39, 0.29) is 29.9 Å². The van der Waals surface area contributed by atoms with Gasteiger partial charge in [0, 0.05) is 16.5 Å². The molecule has 0 aliphatic heterocycles. The molecule has 0 spiro atoms. The van der Waals surface area contributed by atoms with Gasteiger partial charge in [-0.15, -0.1) is 23.7 Å². The van der Waals surface area contributed by atoms with Gasteiger partial charge in [-0.05, 0) is 23.6 Å². The molecular formula is C11H12ClNO2S. The predicted molar refractivity (Wildman–Crippen MR) is 67.4 cm³/mol. The highest BCUT2D eigenvalue weighted by Gasteiger charge is 2.13. The van der Waals surface area contributed by atoms with E-state index in [9.17, 15) is 5.11 Å². The number of thiophene rings is 1. The Morgan fingerprint density at radius 2 is 1.94 bits per heavy atom. The highest BCUT2D eigenvalue weighted by atomic mass is 35.5. The van der Waals surface area contributed by atoms with E-state index >= 15 is 0 Å². The minimum Gasteiger partial charge on any atom is -0.508 e. The van der Waals surface area contributed by atoms with Crippen molar-refractivity contribution in [2.24, 2.45) is 5.73 Å². The van der Waals surface area contributed by atoms with Crippen LogP contribution in [0.5, 0.6) is 11.5 Å². The highest BCUT2D eigenvalue weighted by molar-refractivity contribution is 7.10. The first kappa shape index (κ1) is 12.8. The van der Waals surface area contributed by atoms with E-state index in [1.165, 1.54) is 12.1 Å². The quantitative estimate of drug-likeness (QED) is 0.775. The van der Waals surface area contributed by atoms with Crippen molar-refractivity contribution in [3.8, 4) is 11.5 Å². The average Bonchev–Trinajstić information content (AvgIpc) is 2.69. The first-order valence-corrected chi connectivity index (χ1v) is 5.37. The van der Waals surface area contributed by atoms with Crippen molar-refractivity contribution in [2.75, 3.05) is 0 Å². The van der Waals surface area contributed by atoms with Gasteiger partial charge >= 0.3 is 0 Å². The second-order valence-electron chi connectivity index (χ2n) is 3.24. The first-order valence-electron chi connectivity index (χ1n) is 4.49. The second kappa shape index (κ2) is 5.21. The molecule has 1 aromatic carbocycles. The van der Waals surface area contributed by atoms with E-state index in [1.807, 2.05) is 17.5 Å². The lowest BCUT2D eigenvalue weighted by Crippen LogP contribution is -2.10. The lowest BCUT2D eigenvalue weighted by atomic mass is 10.1. The summed E-state index contributed by atoms with van der Waals surface area (Å²) >= 11 is 1.54. The molecule has 0 saturated carbocycles. The molecule has 3 nitrogen and oxygen atoms in total. The Bertz CT molecular complexity index is 459. The van der Waals surface area contributed by atoms with Crippen molar-refractivity contribution in [1.29, 1.82) is 0 Å². The number of halogens is 1. The van der Waals surface area contributed by atoms with Crippen molar-refractivity contribution in [3.63, 3.8) is 0 Å². The Kier molecular flexibility index (Phi) is 4.18. The van der Waals surface area contributed by atoms with Crippen LogP contribution in [0.1, 0.15) is 16.5 Å². The predicted octanol–water partition coefficient (Wildman–Crippen LogP) is 2.63. The van der Waals surface area contributed by atoms with Crippen molar-refractivity contribution in [1.82, 2.24) is 0 Å². The minimum atomic E-state index is -0.342. The second-order valence-corrected chi connectivity index (χ2v) is 4.22. The fourth-order valence-corrected chi connectivity index (χ4v) is 2.16. The van der Waals surface area contributed by atoms with Gasteiger partial charge in [-0.2, -0.15) is 0 Å². The van der Waals surface area contributed by atoms with Gasteiger partial charge in [0.1, 0.15) is 11.5 Å². The lowest BCUT2D eigenvalue weighted by Gasteiger charge is -2.11. The van der Waals surface area contributed by atoms with Crippen LogP contribution in [0.25, 0.3) is 0 Å². The molecule has 86 valence electrons. The van der Waals surface area contributed by atoms with E-state index < -0.39 is 0 Å². The number of aromatic hydroxyl groups is 2. The van der Waals surface area contributed by atoms with Crippen molar-refractivity contribution in [2.45, 2.75) is 6.04 Å². The average molecular weight is 258 g/mol. The van der Waals surface area contributed by atoms with Crippen molar-refractivity contribution >= 4 is 23.7 Å². The van der Waals surface area contributed by atoms with Gasteiger partial charge in [-0.25, -0.2) is 0 Å². The number of hydrogen-bond acceptors (Lipinski definition) is 4. The van der Waals surface area contributed by atoms with Gasteiger partial charge in [-0.3, -0.25) is 0 Å². The molecule has 0 fully saturated rings. The third kappa shape index (κ3) is 2.47. The van der Waals surface area contributed by atoms with E-state index in [2.05, 4.69) is 0 Å².